The lowest BCUT2D eigenvalue weighted by Crippen LogP contribution is -2.43. The number of aromatic amines is 1. The number of nitro groups is 1. The van der Waals surface area contributed by atoms with Crippen LogP contribution in [-0.4, -0.2) is 39.7 Å². The second kappa shape index (κ2) is 10.6. The molecule has 0 unspecified atom stereocenters. The van der Waals surface area contributed by atoms with Crippen molar-refractivity contribution in [2.45, 2.75) is 18.4 Å². The number of H-pyrrole nitrogens is 1. The third-order valence-electron chi connectivity index (χ3n) is 7.52. The Kier molecular flexibility index (Phi) is 6.68. The van der Waals surface area contributed by atoms with Crippen molar-refractivity contribution in [2.24, 2.45) is 0 Å². The highest BCUT2D eigenvalue weighted by Gasteiger charge is 2.30. The minimum atomic E-state index is -1.28. The van der Waals surface area contributed by atoms with Crippen LogP contribution in [0.25, 0.3) is 33.3 Å². The summed E-state index contributed by atoms with van der Waals surface area (Å²) in [6.07, 6.45) is -0.855. The maximum atomic E-state index is 12.9. The van der Waals surface area contributed by atoms with Gasteiger partial charge in [0.05, 0.1) is 4.92 Å². The van der Waals surface area contributed by atoms with Gasteiger partial charge in [-0.25, -0.2) is 9.59 Å². The first-order chi connectivity index (χ1) is 19.9. The number of nitrogens with one attached hydrogen (secondary N) is 2. The van der Waals surface area contributed by atoms with Gasteiger partial charge in [0.25, 0.3) is 5.69 Å². The Balaban J connectivity index is 1.23. The lowest BCUT2D eigenvalue weighted by molar-refractivity contribution is -0.384. The van der Waals surface area contributed by atoms with Crippen molar-refractivity contribution in [1.82, 2.24) is 10.3 Å². The number of non-ortho nitro benzene ring substituents is 1. The molecule has 204 valence electrons. The number of nitro benzene ring substituents is 1. The molecule has 0 aliphatic heterocycles. The molecule has 1 aliphatic rings. The minimum Gasteiger partial charge on any atom is -0.480 e. The smallest absolute Gasteiger partial charge is 0.407 e. The van der Waals surface area contributed by atoms with Crippen LogP contribution in [0.3, 0.4) is 0 Å². The molecule has 6 rings (SSSR count). The Labute approximate surface area is 234 Å². The monoisotopic (exact) mass is 547 g/mol. The Morgan fingerprint density at radius 2 is 1.51 bits per heavy atom. The number of hydrogen-bond acceptors (Lipinski definition) is 5. The first-order valence-electron chi connectivity index (χ1n) is 13.1. The van der Waals surface area contributed by atoms with E-state index < -0.39 is 23.0 Å². The number of carboxylic acids is 1. The zero-order valence-corrected chi connectivity index (χ0v) is 21.7. The number of benzene rings is 4. The van der Waals surface area contributed by atoms with E-state index in [9.17, 15) is 24.8 Å². The van der Waals surface area contributed by atoms with Crippen LogP contribution in [0.15, 0.2) is 97.1 Å². The van der Waals surface area contributed by atoms with Crippen molar-refractivity contribution in [3.8, 4) is 22.4 Å². The molecule has 4 aromatic carbocycles. The molecule has 5 aromatic rings. The first-order valence-corrected chi connectivity index (χ1v) is 13.1. The number of carbonyl (C=O) groups excluding carboxylic acids is 1. The van der Waals surface area contributed by atoms with Crippen LogP contribution in [0.2, 0.25) is 0 Å². The van der Waals surface area contributed by atoms with Gasteiger partial charge in [0.1, 0.15) is 12.6 Å². The number of hydrogen-bond donors (Lipinski definition) is 3. The SMILES string of the molecule is O=C(N[C@@H](Cc1c(-c2ccc([N+](=O)[O-])cc2)[nH]c2ccccc12)C(=O)O)OCC1c2ccccc2-c2ccccc21. The Morgan fingerprint density at radius 3 is 2.15 bits per heavy atom. The molecule has 41 heavy (non-hydrogen) atoms. The fourth-order valence-electron chi connectivity index (χ4n) is 5.59. The van der Waals surface area contributed by atoms with E-state index in [4.69, 9.17) is 4.74 Å². The van der Waals surface area contributed by atoms with E-state index in [1.54, 1.807) is 12.1 Å². The summed E-state index contributed by atoms with van der Waals surface area (Å²) in [5, 5.41) is 24.5. The van der Waals surface area contributed by atoms with Gasteiger partial charge in [-0.2, -0.15) is 0 Å². The molecule has 0 saturated heterocycles. The molecule has 1 heterocycles. The number of amides is 1. The lowest BCUT2D eigenvalue weighted by atomic mass is 9.98. The Hall–Kier alpha value is -5.44. The van der Waals surface area contributed by atoms with Gasteiger partial charge in [-0.1, -0.05) is 66.7 Å². The van der Waals surface area contributed by atoms with Crippen molar-refractivity contribution in [3.63, 3.8) is 0 Å². The second-order valence-corrected chi connectivity index (χ2v) is 9.89. The Bertz CT molecular complexity index is 1750. The van der Waals surface area contributed by atoms with Crippen LogP contribution < -0.4 is 5.32 Å². The van der Waals surface area contributed by atoms with E-state index >= 15 is 0 Å². The summed E-state index contributed by atoms with van der Waals surface area (Å²) in [5.74, 6) is -1.36. The molecular weight excluding hydrogens is 522 g/mol. The summed E-state index contributed by atoms with van der Waals surface area (Å²) < 4.78 is 5.59. The molecule has 9 heteroatoms. The van der Waals surface area contributed by atoms with Crippen molar-refractivity contribution in [1.29, 1.82) is 0 Å². The summed E-state index contributed by atoms with van der Waals surface area (Å²) in [6, 6.07) is 28.1. The fraction of sp³-hybridized carbons (Fsp3) is 0.125. The van der Waals surface area contributed by atoms with Crippen molar-refractivity contribution < 1.29 is 24.4 Å². The molecular formula is C32H25N3O6. The van der Waals surface area contributed by atoms with Crippen LogP contribution in [-0.2, 0) is 16.0 Å². The molecule has 0 saturated carbocycles. The number of ether oxygens (including phenoxy) is 1. The van der Waals surface area contributed by atoms with Crippen molar-refractivity contribution in [2.75, 3.05) is 6.61 Å². The van der Waals surface area contributed by atoms with E-state index in [1.807, 2.05) is 72.8 Å². The zero-order valence-electron chi connectivity index (χ0n) is 21.7. The first kappa shape index (κ1) is 25.8. The van der Waals surface area contributed by atoms with Gasteiger partial charge in [-0.15, -0.1) is 0 Å². The quantitative estimate of drug-likeness (QED) is 0.155. The van der Waals surface area contributed by atoms with Gasteiger partial charge >= 0.3 is 12.1 Å². The van der Waals surface area contributed by atoms with Crippen LogP contribution >= 0.6 is 0 Å². The lowest BCUT2D eigenvalue weighted by Gasteiger charge is -2.18. The molecule has 3 N–H and O–H groups in total. The maximum absolute atomic E-state index is 12.9. The normalized spacial score (nSPS) is 12.9. The maximum Gasteiger partial charge on any atom is 0.407 e. The van der Waals surface area contributed by atoms with Crippen molar-refractivity contribution in [3.05, 3.63) is 124 Å². The molecule has 9 nitrogen and oxygen atoms in total. The predicted octanol–water partition coefficient (Wildman–Crippen LogP) is 6.28. The van der Waals surface area contributed by atoms with Gasteiger partial charge in [0.2, 0.25) is 0 Å². The van der Waals surface area contributed by atoms with E-state index in [0.717, 1.165) is 33.2 Å². The molecule has 1 aromatic heterocycles. The van der Waals surface area contributed by atoms with Gasteiger partial charge < -0.3 is 20.1 Å². The van der Waals surface area contributed by atoms with Crippen LogP contribution in [0.4, 0.5) is 10.5 Å². The highest BCUT2D eigenvalue weighted by atomic mass is 16.6. The van der Waals surface area contributed by atoms with E-state index in [-0.39, 0.29) is 24.6 Å². The van der Waals surface area contributed by atoms with Crippen molar-refractivity contribution >= 4 is 28.7 Å². The molecule has 0 radical (unpaired) electrons. The minimum absolute atomic E-state index is 0.0319. The molecule has 0 bridgehead atoms. The molecule has 0 spiro atoms. The molecule has 1 amide bonds. The molecule has 1 aliphatic carbocycles. The predicted molar refractivity (Wildman–Crippen MR) is 154 cm³/mol. The summed E-state index contributed by atoms with van der Waals surface area (Å²) in [6.45, 7) is 0.0628. The number of aliphatic carboxylic acids is 1. The highest BCUT2D eigenvalue weighted by molar-refractivity contribution is 5.92. The number of para-hydroxylation sites is 1. The number of fused-ring (bicyclic) bond motifs is 4. The number of alkyl carbamates (subject to hydrolysis) is 1. The molecule has 0 fully saturated rings. The second-order valence-electron chi connectivity index (χ2n) is 9.89. The third kappa shape index (κ3) is 4.89. The topological polar surface area (TPSA) is 135 Å². The summed E-state index contributed by atoms with van der Waals surface area (Å²) >= 11 is 0. The van der Waals surface area contributed by atoms with Gasteiger partial charge in [0, 0.05) is 41.1 Å². The zero-order chi connectivity index (χ0) is 28.5. The summed E-state index contributed by atoms with van der Waals surface area (Å²) in [7, 11) is 0. The number of rotatable bonds is 8. The van der Waals surface area contributed by atoms with Gasteiger partial charge in [0.15, 0.2) is 0 Å². The van der Waals surface area contributed by atoms with E-state index in [0.29, 0.717) is 16.8 Å². The fourth-order valence-corrected chi connectivity index (χ4v) is 5.59. The van der Waals surface area contributed by atoms with Crippen LogP contribution in [0.5, 0.6) is 0 Å². The third-order valence-corrected chi connectivity index (χ3v) is 7.52. The average molecular weight is 548 g/mol. The number of aromatic nitrogens is 1. The van der Waals surface area contributed by atoms with Crippen LogP contribution in [0.1, 0.15) is 22.6 Å². The largest absolute Gasteiger partial charge is 0.480 e. The highest BCUT2D eigenvalue weighted by Crippen LogP contribution is 2.44. The van der Waals surface area contributed by atoms with Crippen LogP contribution in [0, 0.1) is 10.1 Å². The Morgan fingerprint density at radius 1 is 0.902 bits per heavy atom. The summed E-state index contributed by atoms with van der Waals surface area (Å²) in [5.41, 5.74) is 6.99. The summed E-state index contributed by atoms with van der Waals surface area (Å²) in [4.78, 5) is 39.2. The van der Waals surface area contributed by atoms with Gasteiger partial charge in [-0.05, 0) is 51.6 Å². The van der Waals surface area contributed by atoms with E-state index in [2.05, 4.69) is 10.3 Å². The standard InChI is InChI=1S/C32H25N3O6/c36-31(37)29(34-32(38)41-18-27-23-9-3-1-7-21(23)22-8-2-4-10-24(22)27)17-26-25-11-5-6-12-28(25)33-30(26)19-13-15-20(16-14-19)35(39)40/h1-16,27,29,33H,17-18H2,(H,34,38)(H,36,37)/t29-/m0/s1. The molecule has 1 atom stereocenters. The number of carboxylic acid groups (broad SMARTS) is 1. The number of carbonyl (C=O) groups is 2. The average Bonchev–Trinajstić information content (AvgIpc) is 3.51. The number of nitrogens with zero attached hydrogens (tertiary/aromatic N) is 1. The van der Waals surface area contributed by atoms with E-state index in [1.165, 1.54) is 12.1 Å². The van der Waals surface area contributed by atoms with Gasteiger partial charge in [-0.3, -0.25) is 10.1 Å².